The molecule has 0 aliphatic rings. The van der Waals surface area contributed by atoms with Crippen LogP contribution in [-0.2, 0) is 20.9 Å². The number of carbonyl (C=O) groups excluding carboxylic acids is 2. The van der Waals surface area contributed by atoms with E-state index in [1.807, 2.05) is 0 Å². The highest BCUT2D eigenvalue weighted by molar-refractivity contribution is 5.77. The number of nitro groups is 1. The Morgan fingerprint density at radius 1 is 1.48 bits per heavy atom. The van der Waals surface area contributed by atoms with Crippen molar-refractivity contribution in [2.75, 3.05) is 20.2 Å². The molecule has 1 aromatic rings. The molecule has 1 aromatic heterocycles. The van der Waals surface area contributed by atoms with Crippen molar-refractivity contribution in [3.8, 4) is 0 Å². The molecule has 9 nitrogen and oxygen atoms in total. The van der Waals surface area contributed by atoms with Gasteiger partial charge in [-0.3, -0.25) is 9.59 Å². The molecule has 0 aliphatic heterocycles. The molecule has 0 aromatic carbocycles. The Morgan fingerprint density at radius 2 is 2.19 bits per heavy atom. The summed E-state index contributed by atoms with van der Waals surface area (Å²) in [6.45, 7) is 2.61. The summed E-state index contributed by atoms with van der Waals surface area (Å²) in [5.74, 6) is -0.754. The topological polar surface area (TPSA) is 108 Å². The fourth-order valence-electron chi connectivity index (χ4n) is 1.60. The van der Waals surface area contributed by atoms with Crippen LogP contribution < -0.4 is 0 Å². The van der Waals surface area contributed by atoms with E-state index >= 15 is 0 Å². The molecule has 1 heterocycles. The lowest BCUT2D eigenvalue weighted by molar-refractivity contribution is -0.389. The smallest absolute Gasteiger partial charge is 0.381 e. The van der Waals surface area contributed by atoms with Crippen molar-refractivity contribution in [2.45, 2.75) is 26.3 Å². The monoisotopic (exact) mass is 298 g/mol. The number of esters is 1. The maximum absolute atomic E-state index is 11.8. The van der Waals surface area contributed by atoms with Gasteiger partial charge in [-0.2, -0.15) is 0 Å². The largest absolute Gasteiger partial charge is 0.466 e. The molecule has 0 saturated heterocycles. The summed E-state index contributed by atoms with van der Waals surface area (Å²) >= 11 is 0. The first-order valence-corrected chi connectivity index (χ1v) is 6.49. The van der Waals surface area contributed by atoms with Gasteiger partial charge in [-0.15, -0.1) is 0 Å². The minimum absolute atomic E-state index is 0.145. The van der Waals surface area contributed by atoms with Crippen molar-refractivity contribution in [3.63, 3.8) is 0 Å². The van der Waals surface area contributed by atoms with Crippen LogP contribution in [0.2, 0.25) is 0 Å². The molecule has 0 radical (unpaired) electrons. The molecule has 116 valence electrons. The Morgan fingerprint density at radius 3 is 2.76 bits per heavy atom. The third-order valence-electron chi connectivity index (χ3n) is 2.77. The molecule has 0 aliphatic carbocycles. The number of carbonyl (C=O) groups is 2. The van der Waals surface area contributed by atoms with Gasteiger partial charge in [0, 0.05) is 26.6 Å². The van der Waals surface area contributed by atoms with Crippen LogP contribution in [0.5, 0.6) is 0 Å². The molecule has 0 atom stereocenters. The van der Waals surface area contributed by atoms with Crippen LogP contribution in [0.15, 0.2) is 12.5 Å². The molecular weight excluding hydrogens is 280 g/mol. The van der Waals surface area contributed by atoms with Crippen LogP contribution in [-0.4, -0.2) is 51.5 Å². The second kappa shape index (κ2) is 7.98. The predicted molar refractivity (Wildman–Crippen MR) is 72.4 cm³/mol. The number of rotatable bonds is 8. The summed E-state index contributed by atoms with van der Waals surface area (Å²) < 4.78 is 6.25. The molecule has 21 heavy (non-hydrogen) atoms. The quantitative estimate of drug-likeness (QED) is 0.395. The number of aryl methyl sites for hydroxylation is 1. The number of aromatic nitrogens is 2. The number of nitrogens with zero attached hydrogens (tertiary/aromatic N) is 4. The first-order chi connectivity index (χ1) is 9.93. The lowest BCUT2D eigenvalue weighted by atomic mass is 10.3. The van der Waals surface area contributed by atoms with Crippen LogP contribution in [0.25, 0.3) is 0 Å². The molecule has 9 heteroatoms. The molecule has 0 bridgehead atoms. The Balaban J connectivity index is 2.35. The molecular formula is C12H18N4O5. The summed E-state index contributed by atoms with van der Waals surface area (Å²) in [7, 11) is 1.60. The van der Waals surface area contributed by atoms with E-state index in [2.05, 4.69) is 4.98 Å². The Hall–Kier alpha value is -2.45. The number of amides is 1. The summed E-state index contributed by atoms with van der Waals surface area (Å²) in [4.78, 5) is 37.9. The van der Waals surface area contributed by atoms with Crippen molar-refractivity contribution in [3.05, 3.63) is 22.6 Å². The molecule has 0 unspecified atom stereocenters. The molecule has 1 amide bonds. The SMILES string of the molecule is CCOC(=O)CCN(C)C(=O)CCn1cnc([N+](=O)[O-])c1. The van der Waals surface area contributed by atoms with Gasteiger partial charge >= 0.3 is 11.8 Å². The molecule has 0 N–H and O–H groups in total. The minimum atomic E-state index is -0.593. The molecule has 0 fully saturated rings. The fraction of sp³-hybridized carbons (Fsp3) is 0.583. The Kier molecular flexibility index (Phi) is 6.31. The van der Waals surface area contributed by atoms with Crippen molar-refractivity contribution in [1.82, 2.24) is 14.5 Å². The molecule has 0 spiro atoms. The second-order valence-electron chi connectivity index (χ2n) is 4.35. The first kappa shape index (κ1) is 16.6. The van der Waals surface area contributed by atoms with Gasteiger partial charge < -0.3 is 24.3 Å². The number of ether oxygens (including phenoxy) is 1. The summed E-state index contributed by atoms with van der Waals surface area (Å²) in [5.41, 5.74) is 0. The summed E-state index contributed by atoms with van der Waals surface area (Å²) in [6.07, 6.45) is 2.90. The highest BCUT2D eigenvalue weighted by Gasteiger charge is 2.13. The lowest BCUT2D eigenvalue weighted by Crippen LogP contribution is -2.30. The van der Waals surface area contributed by atoms with Crippen LogP contribution in [0.3, 0.4) is 0 Å². The van der Waals surface area contributed by atoms with Crippen LogP contribution >= 0.6 is 0 Å². The van der Waals surface area contributed by atoms with Crippen molar-refractivity contribution in [1.29, 1.82) is 0 Å². The normalized spacial score (nSPS) is 10.2. The number of imidazole rings is 1. The fourth-order valence-corrected chi connectivity index (χ4v) is 1.60. The molecule has 1 rings (SSSR count). The lowest BCUT2D eigenvalue weighted by Gasteiger charge is -2.16. The van der Waals surface area contributed by atoms with E-state index in [1.165, 1.54) is 22.0 Å². The van der Waals surface area contributed by atoms with Gasteiger partial charge in [-0.1, -0.05) is 0 Å². The zero-order valence-corrected chi connectivity index (χ0v) is 12.0. The third kappa shape index (κ3) is 5.59. The van der Waals surface area contributed by atoms with E-state index in [9.17, 15) is 19.7 Å². The van der Waals surface area contributed by atoms with Gasteiger partial charge in [0.1, 0.15) is 6.20 Å². The highest BCUT2D eigenvalue weighted by atomic mass is 16.6. The van der Waals surface area contributed by atoms with Gasteiger partial charge in [-0.25, -0.2) is 0 Å². The first-order valence-electron chi connectivity index (χ1n) is 6.49. The second-order valence-corrected chi connectivity index (χ2v) is 4.35. The Labute approximate surface area is 121 Å². The number of hydrogen-bond acceptors (Lipinski definition) is 6. The van der Waals surface area contributed by atoms with Crippen molar-refractivity contribution >= 4 is 17.7 Å². The van der Waals surface area contributed by atoms with Gasteiger partial charge in [0.2, 0.25) is 12.2 Å². The van der Waals surface area contributed by atoms with Gasteiger partial charge in [0.05, 0.1) is 13.0 Å². The van der Waals surface area contributed by atoms with E-state index in [1.54, 1.807) is 14.0 Å². The van der Waals surface area contributed by atoms with Crippen LogP contribution in [0, 0.1) is 10.1 Å². The maximum atomic E-state index is 11.8. The zero-order valence-electron chi connectivity index (χ0n) is 12.0. The van der Waals surface area contributed by atoms with E-state index in [0.29, 0.717) is 13.2 Å². The summed E-state index contributed by atoms with van der Waals surface area (Å²) in [6, 6.07) is 0. The molecule has 0 saturated carbocycles. The van der Waals surface area contributed by atoms with Gasteiger partial charge in [0.25, 0.3) is 0 Å². The van der Waals surface area contributed by atoms with Gasteiger partial charge in [-0.05, 0) is 16.8 Å². The van der Waals surface area contributed by atoms with E-state index in [-0.39, 0.29) is 37.1 Å². The zero-order chi connectivity index (χ0) is 15.8. The van der Waals surface area contributed by atoms with Crippen molar-refractivity contribution in [2.24, 2.45) is 0 Å². The van der Waals surface area contributed by atoms with E-state index in [0.717, 1.165) is 0 Å². The maximum Gasteiger partial charge on any atom is 0.381 e. The van der Waals surface area contributed by atoms with Crippen LogP contribution in [0.4, 0.5) is 5.82 Å². The van der Waals surface area contributed by atoms with Crippen molar-refractivity contribution < 1.29 is 19.2 Å². The average molecular weight is 298 g/mol. The Bertz CT molecular complexity index is 514. The van der Waals surface area contributed by atoms with E-state index < -0.39 is 4.92 Å². The highest BCUT2D eigenvalue weighted by Crippen LogP contribution is 2.06. The predicted octanol–water partition coefficient (Wildman–Crippen LogP) is 0.593. The van der Waals surface area contributed by atoms with Crippen LogP contribution in [0.1, 0.15) is 19.8 Å². The van der Waals surface area contributed by atoms with E-state index in [4.69, 9.17) is 4.74 Å². The van der Waals surface area contributed by atoms with Gasteiger partial charge in [0.15, 0.2) is 0 Å². The summed E-state index contributed by atoms with van der Waals surface area (Å²) in [5, 5.41) is 10.5. The third-order valence-corrected chi connectivity index (χ3v) is 2.77. The number of hydrogen-bond donors (Lipinski definition) is 0. The standard InChI is InChI=1S/C12H18N4O5/c1-3-21-12(18)5-6-14(2)11(17)4-7-15-8-10(13-9-15)16(19)20/h8-9H,3-7H2,1-2H3. The average Bonchev–Trinajstić information content (AvgIpc) is 2.91. The minimum Gasteiger partial charge on any atom is -0.466 e.